The van der Waals surface area contributed by atoms with Crippen molar-refractivity contribution in [3.05, 3.63) is 30.6 Å². The van der Waals surface area contributed by atoms with E-state index in [2.05, 4.69) is 15.2 Å². The van der Waals surface area contributed by atoms with E-state index in [1.807, 2.05) is 33.7 Å². The summed E-state index contributed by atoms with van der Waals surface area (Å²) in [4.78, 5) is 32.8. The van der Waals surface area contributed by atoms with Gasteiger partial charge in [0.15, 0.2) is 0 Å². The highest BCUT2D eigenvalue weighted by Crippen LogP contribution is 2.18. The minimum absolute atomic E-state index is 0.110. The van der Waals surface area contributed by atoms with E-state index in [0.29, 0.717) is 38.6 Å². The predicted molar refractivity (Wildman–Crippen MR) is 98.5 cm³/mol. The molecule has 2 fully saturated rings. The van der Waals surface area contributed by atoms with Crippen LogP contribution in [0.15, 0.2) is 30.6 Å². The fourth-order valence-corrected chi connectivity index (χ4v) is 3.42. The van der Waals surface area contributed by atoms with Crippen molar-refractivity contribution >= 4 is 22.8 Å². The number of piperazine rings is 1. The van der Waals surface area contributed by atoms with Gasteiger partial charge < -0.3 is 14.8 Å². The van der Waals surface area contributed by atoms with Gasteiger partial charge in [0.2, 0.25) is 11.8 Å². The molecule has 1 aromatic heterocycles. The van der Waals surface area contributed by atoms with Crippen molar-refractivity contribution in [3.8, 4) is 0 Å². The number of nitrogens with zero attached hydrogens (tertiary/aromatic N) is 4. The van der Waals surface area contributed by atoms with Gasteiger partial charge >= 0.3 is 0 Å². The Morgan fingerprint density at radius 3 is 2.65 bits per heavy atom. The molecule has 7 heteroatoms. The minimum atomic E-state index is 0.110. The molecule has 2 aromatic rings. The molecule has 1 aliphatic carbocycles. The van der Waals surface area contributed by atoms with E-state index in [0.717, 1.165) is 37.0 Å². The number of benzene rings is 1. The minimum Gasteiger partial charge on any atom is -0.352 e. The van der Waals surface area contributed by atoms with Crippen LogP contribution in [0.2, 0.25) is 0 Å². The van der Waals surface area contributed by atoms with Gasteiger partial charge in [0, 0.05) is 45.2 Å². The lowest BCUT2D eigenvalue weighted by atomic mass is 10.2. The van der Waals surface area contributed by atoms with Gasteiger partial charge in [0.05, 0.1) is 23.9 Å². The van der Waals surface area contributed by atoms with Crippen molar-refractivity contribution < 1.29 is 9.59 Å². The first kappa shape index (κ1) is 17.0. The standard InChI is InChI=1S/C19H25N5O2/c25-18(21-15-5-6-15)13-22-9-11-23(12-10-22)19(26)7-8-24-14-20-16-3-1-2-4-17(16)24/h1-4,14-15H,5-13H2,(H,21,25). The Bertz CT molecular complexity index is 790. The van der Waals surface area contributed by atoms with Crippen LogP contribution < -0.4 is 5.32 Å². The summed E-state index contributed by atoms with van der Waals surface area (Å²) in [6.07, 6.45) is 4.50. The first-order valence-electron chi connectivity index (χ1n) is 9.38. The first-order chi connectivity index (χ1) is 12.7. The molecule has 1 aliphatic heterocycles. The summed E-state index contributed by atoms with van der Waals surface area (Å²) in [5.74, 6) is 0.282. The van der Waals surface area contributed by atoms with E-state index in [1.165, 1.54) is 0 Å². The molecule has 0 unspecified atom stereocenters. The highest BCUT2D eigenvalue weighted by molar-refractivity contribution is 5.79. The molecule has 1 N–H and O–H groups in total. The second-order valence-electron chi connectivity index (χ2n) is 7.18. The second-order valence-corrected chi connectivity index (χ2v) is 7.18. The van der Waals surface area contributed by atoms with Crippen molar-refractivity contribution in [1.82, 2.24) is 24.7 Å². The van der Waals surface area contributed by atoms with Crippen LogP contribution in [-0.2, 0) is 16.1 Å². The van der Waals surface area contributed by atoms with E-state index >= 15 is 0 Å². The number of aromatic nitrogens is 2. The summed E-state index contributed by atoms with van der Waals surface area (Å²) in [6, 6.07) is 8.37. The smallest absolute Gasteiger partial charge is 0.234 e. The molecular formula is C19H25N5O2. The van der Waals surface area contributed by atoms with E-state index in [1.54, 1.807) is 6.33 Å². The van der Waals surface area contributed by atoms with Crippen LogP contribution in [0.1, 0.15) is 19.3 Å². The number of rotatable bonds is 6. The Morgan fingerprint density at radius 2 is 1.88 bits per heavy atom. The van der Waals surface area contributed by atoms with E-state index < -0.39 is 0 Å². The normalized spacial score (nSPS) is 18.2. The van der Waals surface area contributed by atoms with Gasteiger partial charge in [-0.15, -0.1) is 0 Å². The SMILES string of the molecule is O=C(CN1CCN(C(=O)CCn2cnc3ccccc32)CC1)NC1CC1. The van der Waals surface area contributed by atoms with E-state index in [4.69, 9.17) is 0 Å². The molecule has 0 spiro atoms. The Hall–Kier alpha value is -2.41. The molecule has 1 aromatic carbocycles. The number of para-hydroxylation sites is 2. The van der Waals surface area contributed by atoms with E-state index in [9.17, 15) is 9.59 Å². The third-order valence-electron chi connectivity index (χ3n) is 5.13. The van der Waals surface area contributed by atoms with Crippen LogP contribution in [0.4, 0.5) is 0 Å². The zero-order chi connectivity index (χ0) is 17.9. The molecule has 7 nitrogen and oxygen atoms in total. The fraction of sp³-hybridized carbons (Fsp3) is 0.526. The Labute approximate surface area is 153 Å². The van der Waals surface area contributed by atoms with Crippen molar-refractivity contribution in [3.63, 3.8) is 0 Å². The number of hydrogen-bond donors (Lipinski definition) is 1. The molecule has 0 radical (unpaired) electrons. The molecule has 2 amide bonds. The Kier molecular flexibility index (Phi) is 4.88. The number of imidazole rings is 1. The van der Waals surface area contributed by atoms with E-state index in [-0.39, 0.29) is 11.8 Å². The number of amides is 2. The lowest BCUT2D eigenvalue weighted by Crippen LogP contribution is -2.51. The Morgan fingerprint density at radius 1 is 1.12 bits per heavy atom. The molecule has 1 saturated heterocycles. The van der Waals surface area contributed by atoms with Gasteiger partial charge in [-0.25, -0.2) is 4.98 Å². The second kappa shape index (κ2) is 7.45. The van der Waals surface area contributed by atoms with Gasteiger partial charge in [-0.05, 0) is 25.0 Å². The molecule has 0 bridgehead atoms. The van der Waals surface area contributed by atoms with Crippen molar-refractivity contribution in [2.45, 2.75) is 31.8 Å². The lowest BCUT2D eigenvalue weighted by Gasteiger charge is -2.34. The molecule has 138 valence electrons. The summed E-state index contributed by atoms with van der Waals surface area (Å²) in [5, 5.41) is 3.02. The lowest BCUT2D eigenvalue weighted by molar-refractivity contribution is -0.133. The van der Waals surface area contributed by atoms with Gasteiger partial charge in [-0.3, -0.25) is 14.5 Å². The number of carbonyl (C=O) groups excluding carboxylic acids is 2. The largest absolute Gasteiger partial charge is 0.352 e. The predicted octanol–water partition coefficient (Wildman–Crippen LogP) is 0.849. The number of aryl methyl sites for hydroxylation is 1. The van der Waals surface area contributed by atoms with Gasteiger partial charge in [0.1, 0.15) is 0 Å². The molecule has 2 heterocycles. The molecule has 1 saturated carbocycles. The zero-order valence-electron chi connectivity index (χ0n) is 14.9. The number of nitrogens with one attached hydrogen (secondary N) is 1. The Balaban J connectivity index is 1.22. The van der Waals surface area contributed by atoms with Crippen LogP contribution in [0.5, 0.6) is 0 Å². The van der Waals surface area contributed by atoms with Crippen molar-refractivity contribution in [2.75, 3.05) is 32.7 Å². The average molecular weight is 355 g/mol. The number of fused-ring (bicyclic) bond motifs is 1. The van der Waals surface area contributed by atoms with Gasteiger partial charge in [-0.2, -0.15) is 0 Å². The third-order valence-corrected chi connectivity index (χ3v) is 5.13. The monoisotopic (exact) mass is 355 g/mol. The highest BCUT2D eigenvalue weighted by Gasteiger charge is 2.26. The maximum atomic E-state index is 12.5. The van der Waals surface area contributed by atoms with Crippen LogP contribution in [0.25, 0.3) is 11.0 Å². The van der Waals surface area contributed by atoms with Crippen LogP contribution in [0, 0.1) is 0 Å². The number of hydrogen-bond acceptors (Lipinski definition) is 4. The summed E-state index contributed by atoms with van der Waals surface area (Å²) in [7, 11) is 0. The van der Waals surface area contributed by atoms with Crippen LogP contribution in [0.3, 0.4) is 0 Å². The molecule has 4 rings (SSSR count). The third kappa shape index (κ3) is 4.04. The number of carbonyl (C=O) groups is 2. The maximum absolute atomic E-state index is 12.5. The topological polar surface area (TPSA) is 70.5 Å². The summed E-state index contributed by atoms with van der Waals surface area (Å²) < 4.78 is 2.03. The average Bonchev–Trinajstić information content (AvgIpc) is 3.37. The zero-order valence-corrected chi connectivity index (χ0v) is 14.9. The summed E-state index contributed by atoms with van der Waals surface area (Å²) >= 11 is 0. The van der Waals surface area contributed by atoms with Crippen molar-refractivity contribution in [2.24, 2.45) is 0 Å². The van der Waals surface area contributed by atoms with Gasteiger partial charge in [0.25, 0.3) is 0 Å². The van der Waals surface area contributed by atoms with Crippen molar-refractivity contribution in [1.29, 1.82) is 0 Å². The summed E-state index contributed by atoms with van der Waals surface area (Å²) in [5.41, 5.74) is 2.02. The highest BCUT2D eigenvalue weighted by atomic mass is 16.2. The fourth-order valence-electron chi connectivity index (χ4n) is 3.42. The molecular weight excluding hydrogens is 330 g/mol. The molecule has 0 atom stereocenters. The molecule has 2 aliphatic rings. The quantitative estimate of drug-likeness (QED) is 0.834. The summed E-state index contributed by atoms with van der Waals surface area (Å²) in [6.45, 7) is 4.00. The maximum Gasteiger partial charge on any atom is 0.234 e. The van der Waals surface area contributed by atoms with Crippen LogP contribution >= 0.6 is 0 Å². The first-order valence-corrected chi connectivity index (χ1v) is 9.38. The molecule has 26 heavy (non-hydrogen) atoms. The van der Waals surface area contributed by atoms with Crippen LogP contribution in [-0.4, -0.2) is 69.9 Å². The van der Waals surface area contributed by atoms with Gasteiger partial charge in [-0.1, -0.05) is 12.1 Å².